The highest BCUT2D eigenvalue weighted by molar-refractivity contribution is 7.99. The number of aryl methyl sites for hydroxylation is 1. The number of rotatable bonds is 4. The van der Waals surface area contributed by atoms with Crippen molar-refractivity contribution in [2.75, 3.05) is 5.75 Å². The molecular formula is C13H15N3O2S. The summed E-state index contributed by atoms with van der Waals surface area (Å²) in [5.74, 6) is -0.781. The number of carbonyl (C=O) groups is 1. The van der Waals surface area contributed by atoms with Crippen LogP contribution >= 0.6 is 11.8 Å². The minimum Gasteiger partial charge on any atom is -0.481 e. The maximum absolute atomic E-state index is 10.7. The monoisotopic (exact) mass is 277 g/mol. The zero-order chi connectivity index (χ0) is 13.4. The van der Waals surface area contributed by atoms with Gasteiger partial charge in [-0.25, -0.2) is 9.97 Å². The van der Waals surface area contributed by atoms with Crippen LogP contribution in [0.15, 0.2) is 17.3 Å². The predicted octanol–water partition coefficient (Wildman–Crippen LogP) is 2.64. The van der Waals surface area contributed by atoms with E-state index in [-0.39, 0.29) is 5.75 Å². The minimum absolute atomic E-state index is 0.0367. The van der Waals surface area contributed by atoms with Crippen LogP contribution in [-0.2, 0) is 4.79 Å². The molecule has 1 aliphatic rings. The van der Waals surface area contributed by atoms with Crippen LogP contribution in [0.4, 0.5) is 0 Å². The van der Waals surface area contributed by atoms with E-state index in [1.165, 1.54) is 18.2 Å². The second-order valence-electron chi connectivity index (χ2n) is 4.83. The summed E-state index contributed by atoms with van der Waals surface area (Å²) >= 11 is 1.28. The molecule has 0 amide bonds. The number of hydrogen-bond acceptors (Lipinski definition) is 4. The quantitative estimate of drug-likeness (QED) is 0.870. The van der Waals surface area contributed by atoms with Gasteiger partial charge in [0, 0.05) is 11.7 Å². The first-order chi connectivity index (χ1) is 9.15. The van der Waals surface area contributed by atoms with E-state index in [0.29, 0.717) is 6.04 Å². The van der Waals surface area contributed by atoms with Gasteiger partial charge in [-0.1, -0.05) is 11.8 Å². The van der Waals surface area contributed by atoms with E-state index in [2.05, 4.69) is 14.5 Å². The summed E-state index contributed by atoms with van der Waals surface area (Å²) in [5, 5.41) is 9.60. The molecule has 5 nitrogen and oxygen atoms in total. The standard InChI is InChI=1S/C13H15N3O2S/c1-8-5-6-10-12(14-8)16(9-3-2-4-9)13(15-10)19-7-11(17)18/h5-6,9H,2-4,7H2,1H3,(H,17,18). The van der Waals surface area contributed by atoms with Crippen molar-refractivity contribution in [2.24, 2.45) is 0 Å². The molecule has 1 fully saturated rings. The van der Waals surface area contributed by atoms with Crippen molar-refractivity contribution in [3.63, 3.8) is 0 Å². The molecule has 0 unspecified atom stereocenters. The summed E-state index contributed by atoms with van der Waals surface area (Å²) in [6.45, 7) is 1.96. The van der Waals surface area contributed by atoms with Gasteiger partial charge in [-0.2, -0.15) is 0 Å². The summed E-state index contributed by atoms with van der Waals surface area (Å²) in [6.07, 6.45) is 3.47. The van der Waals surface area contributed by atoms with Gasteiger partial charge in [0.1, 0.15) is 5.52 Å². The molecule has 100 valence electrons. The van der Waals surface area contributed by atoms with Gasteiger partial charge < -0.3 is 9.67 Å². The average Bonchev–Trinajstić information content (AvgIpc) is 2.63. The van der Waals surface area contributed by atoms with Crippen LogP contribution in [0.25, 0.3) is 11.2 Å². The number of pyridine rings is 1. The fraction of sp³-hybridized carbons (Fsp3) is 0.462. The van der Waals surface area contributed by atoms with Crippen molar-refractivity contribution < 1.29 is 9.90 Å². The number of aliphatic carboxylic acids is 1. The minimum atomic E-state index is -0.818. The van der Waals surface area contributed by atoms with E-state index in [4.69, 9.17) is 5.11 Å². The van der Waals surface area contributed by atoms with Crippen LogP contribution in [0, 0.1) is 6.92 Å². The molecule has 19 heavy (non-hydrogen) atoms. The highest BCUT2D eigenvalue weighted by Crippen LogP contribution is 2.37. The molecule has 2 aromatic rings. The Morgan fingerprint density at radius 1 is 1.47 bits per heavy atom. The van der Waals surface area contributed by atoms with E-state index in [1.807, 2.05) is 19.1 Å². The van der Waals surface area contributed by atoms with Gasteiger partial charge in [-0.3, -0.25) is 4.79 Å². The molecule has 2 aromatic heterocycles. The Labute approximate surface area is 115 Å². The maximum atomic E-state index is 10.7. The maximum Gasteiger partial charge on any atom is 0.313 e. The first-order valence-corrected chi connectivity index (χ1v) is 7.34. The van der Waals surface area contributed by atoms with E-state index >= 15 is 0 Å². The molecule has 0 aliphatic heterocycles. The Morgan fingerprint density at radius 2 is 2.26 bits per heavy atom. The van der Waals surface area contributed by atoms with Gasteiger partial charge in [-0.05, 0) is 38.3 Å². The largest absolute Gasteiger partial charge is 0.481 e. The molecule has 0 spiro atoms. The molecule has 0 saturated heterocycles. The van der Waals surface area contributed by atoms with Crippen LogP contribution in [0.1, 0.15) is 31.0 Å². The highest BCUT2D eigenvalue weighted by Gasteiger charge is 2.25. The number of fused-ring (bicyclic) bond motifs is 1. The molecule has 1 N–H and O–H groups in total. The zero-order valence-corrected chi connectivity index (χ0v) is 11.5. The van der Waals surface area contributed by atoms with Gasteiger partial charge in [0.2, 0.25) is 0 Å². The van der Waals surface area contributed by atoms with Crippen molar-refractivity contribution in [3.05, 3.63) is 17.8 Å². The number of thioether (sulfide) groups is 1. The van der Waals surface area contributed by atoms with Crippen LogP contribution < -0.4 is 0 Å². The van der Waals surface area contributed by atoms with Crippen molar-refractivity contribution in [1.29, 1.82) is 0 Å². The van der Waals surface area contributed by atoms with Gasteiger partial charge in [-0.15, -0.1) is 0 Å². The molecule has 0 radical (unpaired) electrons. The van der Waals surface area contributed by atoms with Crippen LogP contribution in [0.3, 0.4) is 0 Å². The number of nitrogens with zero attached hydrogens (tertiary/aromatic N) is 3. The summed E-state index contributed by atoms with van der Waals surface area (Å²) < 4.78 is 2.12. The molecular weight excluding hydrogens is 262 g/mol. The first-order valence-electron chi connectivity index (χ1n) is 6.35. The molecule has 1 saturated carbocycles. The number of carboxylic acids is 1. The lowest BCUT2D eigenvalue weighted by Gasteiger charge is -2.28. The van der Waals surface area contributed by atoms with Gasteiger partial charge in [0.05, 0.1) is 5.75 Å². The Balaban J connectivity index is 2.05. The number of imidazole rings is 1. The second-order valence-corrected chi connectivity index (χ2v) is 5.77. The Bertz CT molecular complexity index is 634. The van der Waals surface area contributed by atoms with Crippen molar-refractivity contribution in [1.82, 2.24) is 14.5 Å². The first kappa shape index (κ1) is 12.5. The molecule has 3 rings (SSSR count). The average molecular weight is 277 g/mol. The van der Waals surface area contributed by atoms with E-state index in [1.54, 1.807) is 0 Å². The summed E-state index contributed by atoms with van der Waals surface area (Å²) in [6, 6.07) is 4.32. The number of aromatic nitrogens is 3. The van der Waals surface area contributed by atoms with E-state index in [0.717, 1.165) is 34.9 Å². The molecule has 6 heteroatoms. The van der Waals surface area contributed by atoms with Crippen LogP contribution in [0.5, 0.6) is 0 Å². The van der Waals surface area contributed by atoms with Crippen molar-refractivity contribution in [2.45, 2.75) is 37.4 Å². The Kier molecular flexibility index (Phi) is 3.18. The smallest absolute Gasteiger partial charge is 0.313 e. The topological polar surface area (TPSA) is 68.0 Å². The third kappa shape index (κ3) is 2.32. The summed E-state index contributed by atoms with van der Waals surface area (Å²) in [5.41, 5.74) is 2.70. The van der Waals surface area contributed by atoms with Crippen LogP contribution in [0.2, 0.25) is 0 Å². The molecule has 1 aliphatic carbocycles. The van der Waals surface area contributed by atoms with Gasteiger partial charge in [0.25, 0.3) is 0 Å². The fourth-order valence-corrected chi connectivity index (χ4v) is 3.04. The van der Waals surface area contributed by atoms with Crippen molar-refractivity contribution in [3.8, 4) is 0 Å². The third-order valence-electron chi connectivity index (χ3n) is 3.41. The summed E-state index contributed by atoms with van der Waals surface area (Å²) in [7, 11) is 0. The van der Waals surface area contributed by atoms with Gasteiger partial charge in [0.15, 0.2) is 10.8 Å². The Hall–Kier alpha value is -1.56. The lowest BCUT2D eigenvalue weighted by atomic mass is 9.93. The second kappa shape index (κ2) is 4.85. The van der Waals surface area contributed by atoms with E-state index in [9.17, 15) is 4.79 Å². The fourth-order valence-electron chi connectivity index (χ4n) is 2.25. The van der Waals surface area contributed by atoms with Gasteiger partial charge >= 0.3 is 5.97 Å². The SMILES string of the molecule is Cc1ccc2nc(SCC(=O)O)n(C3CCC3)c2n1. The Morgan fingerprint density at radius 3 is 2.89 bits per heavy atom. The molecule has 2 heterocycles. The van der Waals surface area contributed by atoms with Crippen molar-refractivity contribution >= 4 is 28.9 Å². The number of carboxylic acid groups (broad SMARTS) is 1. The third-order valence-corrected chi connectivity index (χ3v) is 4.35. The number of hydrogen-bond donors (Lipinski definition) is 1. The molecule has 0 aromatic carbocycles. The molecule has 0 atom stereocenters. The van der Waals surface area contributed by atoms with E-state index < -0.39 is 5.97 Å². The predicted molar refractivity (Wildman–Crippen MR) is 73.5 cm³/mol. The lowest BCUT2D eigenvalue weighted by molar-refractivity contribution is -0.133. The highest BCUT2D eigenvalue weighted by atomic mass is 32.2. The normalized spacial score (nSPS) is 15.6. The lowest BCUT2D eigenvalue weighted by Crippen LogP contribution is -2.18. The van der Waals surface area contributed by atoms with Crippen LogP contribution in [-0.4, -0.2) is 31.4 Å². The summed E-state index contributed by atoms with van der Waals surface area (Å²) in [4.78, 5) is 19.8. The molecule has 0 bridgehead atoms. The zero-order valence-electron chi connectivity index (χ0n) is 10.7.